The Morgan fingerprint density at radius 3 is 2.08 bits per heavy atom. The average molecular weight is 529 g/mol. The highest BCUT2D eigenvalue weighted by atomic mass is 19.4. The zero-order valence-electron chi connectivity index (χ0n) is 21.6. The number of halogens is 3. The molecule has 0 saturated carbocycles. The number of rotatable bonds is 15. The molecule has 0 aliphatic rings. The molecule has 0 aromatic heterocycles. The summed E-state index contributed by atoms with van der Waals surface area (Å²) in [6.45, 7) is 3.25. The molecule has 1 atom stereocenters. The molecule has 0 heterocycles. The molecule has 3 aromatic rings. The summed E-state index contributed by atoms with van der Waals surface area (Å²) in [5.74, 6) is -1.05. The third-order valence-electron chi connectivity index (χ3n) is 6.18. The largest absolute Gasteiger partial charge is 0.573 e. The number of carboxylic acid groups (broad SMARTS) is 1. The Morgan fingerprint density at radius 2 is 1.50 bits per heavy atom. The number of hydrogen-bond donors (Lipinski definition) is 3. The number of nitrogens with one attached hydrogen (secondary N) is 2. The lowest BCUT2D eigenvalue weighted by Gasteiger charge is -2.21. The van der Waals surface area contributed by atoms with Crippen molar-refractivity contribution in [2.45, 2.75) is 64.4 Å². The number of benzene rings is 3. The molecule has 38 heavy (non-hydrogen) atoms. The highest BCUT2D eigenvalue weighted by Gasteiger charge is 2.30. The molecule has 8 heteroatoms. The molecule has 0 amide bonds. The molecule has 204 valence electrons. The van der Waals surface area contributed by atoms with Crippen molar-refractivity contribution in [2.24, 2.45) is 0 Å². The van der Waals surface area contributed by atoms with Crippen molar-refractivity contribution in [3.05, 3.63) is 83.9 Å². The van der Waals surface area contributed by atoms with Gasteiger partial charge in [0.15, 0.2) is 0 Å². The number of carboxylic acids is 1. The SMILES string of the molecule is CCCCC[C@@H](Cc1ccc(-c2ccc(OC(F)(F)F)cc2)cc1)Nc1ccc(CNCCC(=O)O)cc1. The second kappa shape index (κ2) is 14.4. The Labute approximate surface area is 222 Å². The van der Waals surface area contributed by atoms with Crippen LogP contribution >= 0.6 is 0 Å². The monoisotopic (exact) mass is 528 g/mol. The van der Waals surface area contributed by atoms with Crippen molar-refractivity contribution in [3.8, 4) is 16.9 Å². The third-order valence-corrected chi connectivity index (χ3v) is 6.18. The van der Waals surface area contributed by atoms with Gasteiger partial charge in [0.25, 0.3) is 0 Å². The summed E-state index contributed by atoms with van der Waals surface area (Å²) in [5.41, 5.74) is 5.06. The lowest BCUT2D eigenvalue weighted by atomic mass is 9.97. The molecule has 0 aliphatic heterocycles. The predicted octanol–water partition coefficient (Wildman–Crippen LogP) is 7.42. The van der Waals surface area contributed by atoms with Crippen LogP contribution in [0.4, 0.5) is 18.9 Å². The number of ether oxygens (including phenoxy) is 1. The quantitative estimate of drug-likeness (QED) is 0.179. The van der Waals surface area contributed by atoms with Gasteiger partial charge in [-0.05, 0) is 59.4 Å². The smallest absolute Gasteiger partial charge is 0.481 e. The molecule has 0 fully saturated rings. The molecular weight excluding hydrogens is 493 g/mol. The van der Waals surface area contributed by atoms with Crippen LogP contribution in [0.1, 0.15) is 50.2 Å². The van der Waals surface area contributed by atoms with Gasteiger partial charge in [0, 0.05) is 24.8 Å². The van der Waals surface area contributed by atoms with Crippen LogP contribution in [0.5, 0.6) is 5.75 Å². The Bertz CT molecular complexity index is 1120. The van der Waals surface area contributed by atoms with Crippen LogP contribution in [0.15, 0.2) is 72.8 Å². The fourth-order valence-electron chi connectivity index (χ4n) is 4.22. The number of anilines is 1. The van der Waals surface area contributed by atoms with E-state index < -0.39 is 12.3 Å². The van der Waals surface area contributed by atoms with Crippen LogP contribution in [-0.2, 0) is 17.8 Å². The van der Waals surface area contributed by atoms with E-state index in [1.54, 1.807) is 12.1 Å². The van der Waals surface area contributed by atoms with Gasteiger partial charge in [-0.1, -0.05) is 74.7 Å². The first kappa shape index (κ1) is 29.0. The number of unbranched alkanes of at least 4 members (excludes halogenated alkanes) is 2. The van der Waals surface area contributed by atoms with E-state index in [0.29, 0.717) is 13.1 Å². The van der Waals surface area contributed by atoms with Gasteiger partial charge in [-0.2, -0.15) is 0 Å². The van der Waals surface area contributed by atoms with E-state index in [4.69, 9.17) is 5.11 Å². The van der Waals surface area contributed by atoms with Crippen LogP contribution in [-0.4, -0.2) is 30.0 Å². The van der Waals surface area contributed by atoms with Gasteiger partial charge in [-0.3, -0.25) is 4.79 Å². The zero-order chi connectivity index (χ0) is 27.4. The second-order valence-electron chi connectivity index (χ2n) is 9.33. The van der Waals surface area contributed by atoms with Gasteiger partial charge in [0.2, 0.25) is 0 Å². The minimum Gasteiger partial charge on any atom is -0.481 e. The summed E-state index contributed by atoms with van der Waals surface area (Å²) in [5, 5.41) is 15.5. The van der Waals surface area contributed by atoms with Crippen molar-refractivity contribution < 1.29 is 27.8 Å². The molecule has 0 unspecified atom stereocenters. The fraction of sp³-hybridized carbons (Fsp3) is 0.367. The summed E-state index contributed by atoms with van der Waals surface area (Å²) in [4.78, 5) is 10.6. The van der Waals surface area contributed by atoms with E-state index in [1.807, 2.05) is 24.3 Å². The van der Waals surface area contributed by atoms with Gasteiger partial charge >= 0.3 is 12.3 Å². The van der Waals surface area contributed by atoms with E-state index in [0.717, 1.165) is 48.1 Å². The van der Waals surface area contributed by atoms with E-state index in [9.17, 15) is 18.0 Å². The highest BCUT2D eigenvalue weighted by Crippen LogP contribution is 2.27. The standard InChI is InChI=1S/C30H35F3N2O3/c1-2-3-4-5-27(35-26-14-8-23(9-15-26)21-34-19-18-29(36)37)20-22-6-10-24(11-7-22)25-12-16-28(17-13-25)38-30(31,32)33/h6-17,27,34-35H,2-5,18-21H2,1H3,(H,36,37)/t27-/m0/s1. The first-order valence-corrected chi connectivity index (χ1v) is 12.9. The molecule has 0 radical (unpaired) electrons. The molecular formula is C30H35F3N2O3. The zero-order valence-corrected chi connectivity index (χ0v) is 21.6. The maximum Gasteiger partial charge on any atom is 0.573 e. The Kier molecular flexibility index (Phi) is 11.0. The van der Waals surface area contributed by atoms with Crippen molar-refractivity contribution >= 4 is 11.7 Å². The normalized spacial score (nSPS) is 12.2. The summed E-state index contributed by atoms with van der Waals surface area (Å²) >= 11 is 0. The fourth-order valence-corrected chi connectivity index (χ4v) is 4.22. The van der Waals surface area contributed by atoms with Crippen LogP contribution in [0, 0.1) is 0 Å². The van der Waals surface area contributed by atoms with Crippen LogP contribution in [0.3, 0.4) is 0 Å². The van der Waals surface area contributed by atoms with Crippen molar-refractivity contribution in [1.29, 1.82) is 0 Å². The van der Waals surface area contributed by atoms with Crippen molar-refractivity contribution in [3.63, 3.8) is 0 Å². The Balaban J connectivity index is 1.59. The molecule has 0 aliphatic carbocycles. The molecule has 5 nitrogen and oxygen atoms in total. The Morgan fingerprint density at radius 1 is 0.895 bits per heavy atom. The Hall–Kier alpha value is -3.52. The minimum atomic E-state index is -4.70. The first-order valence-electron chi connectivity index (χ1n) is 12.9. The number of carbonyl (C=O) groups is 1. The van der Waals surface area contributed by atoms with Crippen LogP contribution in [0.2, 0.25) is 0 Å². The van der Waals surface area contributed by atoms with Crippen LogP contribution in [0.25, 0.3) is 11.1 Å². The molecule has 3 N–H and O–H groups in total. The lowest BCUT2D eigenvalue weighted by Crippen LogP contribution is -2.22. The molecule has 3 aromatic carbocycles. The van der Waals surface area contributed by atoms with Crippen LogP contribution < -0.4 is 15.4 Å². The summed E-state index contributed by atoms with van der Waals surface area (Å²) in [6.07, 6.45) is 0.736. The van der Waals surface area contributed by atoms with Crippen molar-refractivity contribution in [2.75, 3.05) is 11.9 Å². The van der Waals surface area contributed by atoms with Gasteiger partial charge in [0.1, 0.15) is 5.75 Å². The second-order valence-corrected chi connectivity index (χ2v) is 9.33. The summed E-state index contributed by atoms with van der Waals surface area (Å²) in [7, 11) is 0. The maximum absolute atomic E-state index is 12.4. The average Bonchev–Trinajstić information content (AvgIpc) is 2.87. The number of alkyl halides is 3. The highest BCUT2D eigenvalue weighted by molar-refractivity contribution is 5.67. The minimum absolute atomic E-state index is 0.100. The topological polar surface area (TPSA) is 70.6 Å². The third kappa shape index (κ3) is 10.5. The number of hydrogen-bond acceptors (Lipinski definition) is 4. The predicted molar refractivity (Wildman–Crippen MR) is 144 cm³/mol. The van der Waals surface area contributed by atoms with E-state index in [-0.39, 0.29) is 18.2 Å². The summed E-state index contributed by atoms with van der Waals surface area (Å²) < 4.78 is 41.2. The maximum atomic E-state index is 12.4. The van der Waals surface area contributed by atoms with E-state index >= 15 is 0 Å². The first-order chi connectivity index (χ1) is 18.2. The molecule has 0 spiro atoms. The molecule has 0 bridgehead atoms. The lowest BCUT2D eigenvalue weighted by molar-refractivity contribution is -0.274. The van der Waals surface area contributed by atoms with Crippen molar-refractivity contribution in [1.82, 2.24) is 5.32 Å². The summed E-state index contributed by atoms with van der Waals surface area (Å²) in [6, 6.07) is 22.4. The van der Waals surface area contributed by atoms with E-state index in [1.165, 1.54) is 24.1 Å². The molecule has 0 saturated heterocycles. The van der Waals surface area contributed by atoms with E-state index in [2.05, 4.69) is 46.6 Å². The van der Waals surface area contributed by atoms with Gasteiger partial charge in [-0.15, -0.1) is 13.2 Å². The molecule has 3 rings (SSSR count). The number of aliphatic carboxylic acids is 1. The van der Waals surface area contributed by atoms with Gasteiger partial charge in [-0.25, -0.2) is 0 Å². The van der Waals surface area contributed by atoms with Gasteiger partial charge < -0.3 is 20.5 Å². The van der Waals surface area contributed by atoms with Gasteiger partial charge in [0.05, 0.1) is 6.42 Å².